The van der Waals surface area contributed by atoms with Crippen molar-refractivity contribution in [3.8, 4) is 0 Å². The first-order chi connectivity index (χ1) is 12.8. The van der Waals surface area contributed by atoms with Crippen LogP contribution in [0.3, 0.4) is 0 Å². The van der Waals surface area contributed by atoms with Gasteiger partial charge in [0.25, 0.3) is 0 Å². The summed E-state index contributed by atoms with van der Waals surface area (Å²) in [5.74, 6) is 0. The molecule has 0 bridgehead atoms. The summed E-state index contributed by atoms with van der Waals surface area (Å²) in [6.07, 6.45) is -0.979. The Hall–Kier alpha value is -2.42. The molecule has 0 saturated heterocycles. The normalized spacial score (nSPS) is 12.2. The van der Waals surface area contributed by atoms with Gasteiger partial charge in [-0.15, -0.1) is 11.1 Å². The van der Waals surface area contributed by atoms with E-state index in [9.17, 15) is 10.2 Å². The monoisotopic (exact) mass is 398 g/mol. The molecule has 0 spiro atoms. The summed E-state index contributed by atoms with van der Waals surface area (Å²) in [6, 6.07) is 34.8. The van der Waals surface area contributed by atoms with Crippen molar-refractivity contribution in [1.29, 1.82) is 0 Å². The first-order valence-corrected chi connectivity index (χ1v) is 8.65. The largest absolute Gasteiger partial charge is 2.00 e. The van der Waals surface area contributed by atoms with Crippen LogP contribution in [-0.4, -0.2) is 10.2 Å². The molecule has 0 aliphatic rings. The van der Waals surface area contributed by atoms with Gasteiger partial charge in [-0.25, -0.2) is 24.3 Å². The maximum absolute atomic E-state index is 9.88. The van der Waals surface area contributed by atoms with Crippen LogP contribution in [-0.2, 0) is 17.1 Å². The predicted molar refractivity (Wildman–Crippen MR) is 105 cm³/mol. The van der Waals surface area contributed by atoms with Gasteiger partial charge in [-0.05, 0) is 11.1 Å². The van der Waals surface area contributed by atoms with Crippen molar-refractivity contribution in [1.82, 2.24) is 0 Å². The number of aliphatic hydroxyl groups excluding tert-OH is 2. The Morgan fingerprint density at radius 1 is 0.519 bits per heavy atom. The van der Waals surface area contributed by atoms with Crippen LogP contribution in [0.4, 0.5) is 0 Å². The Balaban J connectivity index is 0.000000187. The minimum absolute atomic E-state index is 0. The summed E-state index contributed by atoms with van der Waals surface area (Å²) in [6.45, 7) is 0. The first-order valence-electron chi connectivity index (χ1n) is 8.65. The third-order valence-electron chi connectivity index (χ3n) is 4.24. The molecular weight excluding hydrogens is 376 g/mol. The molecule has 3 heteroatoms. The van der Waals surface area contributed by atoms with Crippen molar-refractivity contribution in [3.63, 3.8) is 0 Å². The van der Waals surface area contributed by atoms with Crippen LogP contribution < -0.4 is 0 Å². The van der Waals surface area contributed by atoms with Gasteiger partial charge in [0.15, 0.2) is 0 Å². The molecule has 27 heavy (non-hydrogen) atoms. The third-order valence-corrected chi connectivity index (χ3v) is 4.24. The summed E-state index contributed by atoms with van der Waals surface area (Å²) in [5, 5.41) is 19.8. The zero-order valence-electron chi connectivity index (χ0n) is 14.8. The van der Waals surface area contributed by atoms with Gasteiger partial charge in [0, 0.05) is 0 Å². The van der Waals surface area contributed by atoms with E-state index in [-0.39, 0.29) is 17.1 Å². The zero-order valence-corrected chi connectivity index (χ0v) is 15.9. The topological polar surface area (TPSA) is 40.5 Å². The molecule has 0 radical (unpaired) electrons. The van der Waals surface area contributed by atoms with Gasteiger partial charge in [-0.3, -0.25) is 0 Å². The summed E-state index contributed by atoms with van der Waals surface area (Å²) < 4.78 is 0. The molecule has 4 aromatic carbocycles. The van der Waals surface area contributed by atoms with Crippen LogP contribution in [0.5, 0.6) is 0 Å². The number of benzene rings is 2. The molecule has 4 rings (SSSR count). The van der Waals surface area contributed by atoms with Crippen LogP contribution in [0.25, 0.3) is 0 Å². The van der Waals surface area contributed by atoms with Gasteiger partial charge < -0.3 is 10.2 Å². The van der Waals surface area contributed by atoms with Crippen molar-refractivity contribution in [2.75, 3.05) is 0 Å². The van der Waals surface area contributed by atoms with Gasteiger partial charge in [0.05, 0.1) is 12.2 Å². The molecule has 0 saturated carbocycles. The molecule has 4 aromatic rings. The molecule has 0 aliphatic heterocycles. The fraction of sp³-hybridized carbons (Fsp3) is 0.0833. The van der Waals surface area contributed by atoms with Crippen molar-refractivity contribution in [2.24, 2.45) is 0 Å². The van der Waals surface area contributed by atoms with Gasteiger partial charge in [-0.1, -0.05) is 60.7 Å². The van der Waals surface area contributed by atoms with Gasteiger partial charge >= 0.3 is 17.1 Å². The second kappa shape index (κ2) is 10.7. The van der Waals surface area contributed by atoms with Crippen molar-refractivity contribution < 1.29 is 27.3 Å². The Morgan fingerprint density at radius 2 is 0.889 bits per heavy atom. The fourth-order valence-electron chi connectivity index (χ4n) is 2.80. The van der Waals surface area contributed by atoms with E-state index in [1.807, 2.05) is 109 Å². The Bertz CT molecular complexity index is 778. The van der Waals surface area contributed by atoms with Crippen molar-refractivity contribution in [2.45, 2.75) is 12.2 Å². The molecule has 0 amide bonds. The Morgan fingerprint density at radius 3 is 1.19 bits per heavy atom. The SMILES string of the molecule is O[C@@H](c1ccccc1)c1ccc[cH-]1.O[C@@H](c1ccccc1)c1ccc[cH-]1.[Fe+2]. The molecule has 2 nitrogen and oxygen atoms in total. The number of hydrogen-bond donors (Lipinski definition) is 2. The molecule has 0 unspecified atom stereocenters. The number of hydrogen-bond acceptors (Lipinski definition) is 2. The second-order valence-electron chi connectivity index (χ2n) is 6.06. The quantitative estimate of drug-likeness (QED) is 0.376. The predicted octanol–water partition coefficient (Wildman–Crippen LogP) is 4.97. The smallest absolute Gasteiger partial charge is 0.386 e. The molecule has 0 fully saturated rings. The molecule has 2 atom stereocenters. The van der Waals surface area contributed by atoms with Crippen molar-refractivity contribution in [3.05, 3.63) is 131 Å². The minimum atomic E-state index is -0.490. The van der Waals surface area contributed by atoms with Gasteiger partial charge in [0.2, 0.25) is 0 Å². The average Bonchev–Trinajstić information content (AvgIpc) is 3.43. The molecule has 0 aromatic heterocycles. The van der Waals surface area contributed by atoms with Crippen LogP contribution in [0.15, 0.2) is 109 Å². The minimum Gasteiger partial charge on any atom is -0.386 e. The van der Waals surface area contributed by atoms with E-state index in [0.29, 0.717) is 0 Å². The summed E-state index contributed by atoms with van der Waals surface area (Å²) in [7, 11) is 0. The Labute approximate surface area is 171 Å². The summed E-state index contributed by atoms with van der Waals surface area (Å²) >= 11 is 0. The van der Waals surface area contributed by atoms with Gasteiger partial charge in [0.1, 0.15) is 0 Å². The van der Waals surface area contributed by atoms with Crippen molar-refractivity contribution >= 4 is 0 Å². The fourth-order valence-corrected chi connectivity index (χ4v) is 2.80. The number of rotatable bonds is 4. The molecule has 0 aliphatic carbocycles. The van der Waals surface area contributed by atoms with Crippen LogP contribution in [0.2, 0.25) is 0 Å². The zero-order chi connectivity index (χ0) is 18.2. The summed E-state index contributed by atoms with van der Waals surface area (Å²) in [5.41, 5.74) is 3.78. The average molecular weight is 398 g/mol. The van der Waals surface area contributed by atoms with Crippen LogP contribution in [0, 0.1) is 0 Å². The van der Waals surface area contributed by atoms with E-state index in [1.54, 1.807) is 0 Å². The van der Waals surface area contributed by atoms with Crippen LogP contribution >= 0.6 is 0 Å². The first kappa shape index (κ1) is 20.9. The molecular formula is C24H22FeO2. The van der Waals surface area contributed by atoms with E-state index >= 15 is 0 Å². The van der Waals surface area contributed by atoms with E-state index in [0.717, 1.165) is 22.3 Å². The van der Waals surface area contributed by atoms with E-state index in [2.05, 4.69) is 0 Å². The maximum Gasteiger partial charge on any atom is 2.00 e. The van der Waals surface area contributed by atoms with E-state index < -0.39 is 12.2 Å². The van der Waals surface area contributed by atoms with Gasteiger partial charge in [-0.2, -0.15) is 24.3 Å². The summed E-state index contributed by atoms with van der Waals surface area (Å²) in [4.78, 5) is 0. The van der Waals surface area contributed by atoms with E-state index in [1.165, 1.54) is 0 Å². The van der Waals surface area contributed by atoms with E-state index in [4.69, 9.17) is 0 Å². The molecule has 2 N–H and O–H groups in total. The second-order valence-corrected chi connectivity index (χ2v) is 6.06. The maximum atomic E-state index is 9.88. The third kappa shape index (κ3) is 5.78. The number of aliphatic hydroxyl groups is 2. The van der Waals surface area contributed by atoms with Crippen LogP contribution in [0.1, 0.15) is 34.5 Å². The standard InChI is InChI=1S/2C12H11O.Fe/c2*13-12(11-8-4-5-9-11)10-6-2-1-3-7-10;/h2*1-9,12-13H;/q2*-1;+2/t2*12-;/m00./s1. The Kier molecular flexibility index (Phi) is 8.25. The molecule has 138 valence electrons. The molecule has 0 heterocycles.